The lowest BCUT2D eigenvalue weighted by molar-refractivity contribution is -0.114. The summed E-state index contributed by atoms with van der Waals surface area (Å²) in [5, 5.41) is 0. The van der Waals surface area contributed by atoms with Gasteiger partial charge in [0, 0.05) is 12.5 Å². The van der Waals surface area contributed by atoms with E-state index in [0.717, 1.165) is 13.0 Å². The lowest BCUT2D eigenvalue weighted by Crippen LogP contribution is -2.21. The highest BCUT2D eigenvalue weighted by Gasteiger charge is 2.23. The van der Waals surface area contributed by atoms with Crippen LogP contribution in [-0.4, -0.2) is 19.0 Å². The third-order valence-electron chi connectivity index (χ3n) is 7.59. The average molecular weight is 451 g/mol. The van der Waals surface area contributed by atoms with E-state index in [4.69, 9.17) is 4.74 Å². The lowest BCUT2D eigenvalue weighted by atomic mass is 9.79. The zero-order valence-electron chi connectivity index (χ0n) is 22.3. The largest absolute Gasteiger partial charge is 0.378 e. The van der Waals surface area contributed by atoms with Crippen LogP contribution >= 0.6 is 0 Å². The average Bonchev–Trinajstić information content (AvgIpc) is 2.77. The number of hydrogen-bond acceptors (Lipinski definition) is 2. The third kappa shape index (κ3) is 17.2. The molecule has 0 aromatic carbocycles. The van der Waals surface area contributed by atoms with Crippen molar-refractivity contribution in [3.05, 3.63) is 0 Å². The highest BCUT2D eigenvalue weighted by molar-refractivity contribution is 5.54. The molecule has 1 aliphatic carbocycles. The maximum Gasteiger partial charge on any atom is 0.123 e. The molecule has 1 unspecified atom stereocenters. The Kier molecular flexibility index (Phi) is 18.6. The van der Waals surface area contributed by atoms with Crippen molar-refractivity contribution >= 4 is 6.29 Å². The Morgan fingerprint density at radius 1 is 0.656 bits per heavy atom. The Bertz CT molecular complexity index is 406. The molecule has 0 N–H and O–H groups in total. The fourth-order valence-electron chi connectivity index (χ4n) is 5.13. The molecule has 32 heavy (non-hydrogen) atoms. The molecule has 0 spiro atoms. The van der Waals surface area contributed by atoms with Gasteiger partial charge in [0.05, 0.1) is 6.10 Å². The van der Waals surface area contributed by atoms with Crippen molar-refractivity contribution < 1.29 is 9.53 Å². The molecule has 2 nitrogen and oxygen atoms in total. The van der Waals surface area contributed by atoms with Crippen molar-refractivity contribution in [2.75, 3.05) is 6.61 Å². The first-order valence-corrected chi connectivity index (χ1v) is 14.6. The minimum Gasteiger partial charge on any atom is -0.378 e. The molecular formula is C30H58O2. The van der Waals surface area contributed by atoms with Crippen molar-refractivity contribution in [2.45, 2.75) is 168 Å². The van der Waals surface area contributed by atoms with E-state index in [9.17, 15) is 4.79 Å². The minimum atomic E-state index is 0.130. The van der Waals surface area contributed by atoms with Gasteiger partial charge in [-0.1, -0.05) is 136 Å². The molecule has 0 saturated heterocycles. The van der Waals surface area contributed by atoms with Crippen LogP contribution < -0.4 is 0 Å². The lowest BCUT2D eigenvalue weighted by Gasteiger charge is -2.25. The van der Waals surface area contributed by atoms with E-state index in [-0.39, 0.29) is 11.3 Å². The van der Waals surface area contributed by atoms with Crippen LogP contribution in [-0.2, 0) is 9.53 Å². The standard InChI is InChI=1S/C30H58O2/c1-30(2,3)28(27-31)23-19-16-14-12-10-8-6-4-5-7-9-11-13-15-17-22-26-32-29-24-20-18-21-25-29/h27-29H,4-26H2,1-3H3. The molecule has 0 radical (unpaired) electrons. The molecule has 1 rings (SSSR count). The van der Waals surface area contributed by atoms with Crippen LogP contribution in [0.15, 0.2) is 0 Å². The summed E-state index contributed by atoms with van der Waals surface area (Å²) >= 11 is 0. The second-order valence-corrected chi connectivity index (χ2v) is 11.7. The molecule has 0 aromatic rings. The van der Waals surface area contributed by atoms with E-state index >= 15 is 0 Å². The molecule has 2 heteroatoms. The van der Waals surface area contributed by atoms with Gasteiger partial charge >= 0.3 is 0 Å². The van der Waals surface area contributed by atoms with E-state index in [2.05, 4.69) is 20.8 Å². The van der Waals surface area contributed by atoms with Gasteiger partial charge in [-0.05, 0) is 31.1 Å². The van der Waals surface area contributed by atoms with Crippen molar-refractivity contribution in [3.8, 4) is 0 Å². The minimum absolute atomic E-state index is 0.130. The highest BCUT2D eigenvalue weighted by atomic mass is 16.5. The summed E-state index contributed by atoms with van der Waals surface area (Å²) in [6.45, 7) is 7.55. The van der Waals surface area contributed by atoms with Gasteiger partial charge in [-0.25, -0.2) is 0 Å². The maximum absolute atomic E-state index is 11.2. The Morgan fingerprint density at radius 2 is 1.06 bits per heavy atom. The predicted octanol–water partition coefficient (Wildman–Crippen LogP) is 9.83. The van der Waals surface area contributed by atoms with Crippen molar-refractivity contribution in [2.24, 2.45) is 11.3 Å². The van der Waals surface area contributed by atoms with Gasteiger partial charge in [0.25, 0.3) is 0 Å². The molecule has 0 aromatic heterocycles. The van der Waals surface area contributed by atoms with Crippen LogP contribution in [0.5, 0.6) is 0 Å². The number of unbranched alkanes of at least 4 members (excludes halogenated alkanes) is 15. The van der Waals surface area contributed by atoms with Crippen molar-refractivity contribution in [1.82, 2.24) is 0 Å². The van der Waals surface area contributed by atoms with Gasteiger partial charge in [-0.15, -0.1) is 0 Å². The van der Waals surface area contributed by atoms with Crippen LogP contribution in [0.2, 0.25) is 0 Å². The SMILES string of the molecule is CC(C)(C)C(C=O)CCCCCCCCCCCCCCCCCCOC1CCCCC1. The van der Waals surface area contributed by atoms with E-state index in [1.165, 1.54) is 141 Å². The Labute approximate surface area is 202 Å². The van der Waals surface area contributed by atoms with Gasteiger partial charge in [-0.2, -0.15) is 0 Å². The quantitative estimate of drug-likeness (QED) is 0.128. The first kappa shape index (κ1) is 29.7. The number of ether oxygens (including phenoxy) is 1. The number of aldehydes is 1. The molecule has 1 atom stereocenters. The molecule has 0 heterocycles. The maximum atomic E-state index is 11.2. The first-order chi connectivity index (χ1) is 15.5. The summed E-state index contributed by atoms with van der Waals surface area (Å²) in [5.74, 6) is 0.230. The monoisotopic (exact) mass is 450 g/mol. The molecule has 0 amide bonds. The van der Waals surface area contributed by atoms with Gasteiger partial charge in [0.15, 0.2) is 0 Å². The van der Waals surface area contributed by atoms with Crippen LogP contribution in [0.4, 0.5) is 0 Å². The fourth-order valence-corrected chi connectivity index (χ4v) is 5.13. The summed E-state index contributed by atoms with van der Waals surface area (Å²) in [6.07, 6.45) is 31.8. The van der Waals surface area contributed by atoms with Crippen LogP contribution in [0.1, 0.15) is 162 Å². The molecule has 1 saturated carbocycles. The number of carbonyl (C=O) groups excluding carboxylic acids is 1. The molecule has 0 aliphatic heterocycles. The van der Waals surface area contributed by atoms with Gasteiger partial charge < -0.3 is 9.53 Å². The van der Waals surface area contributed by atoms with E-state index < -0.39 is 0 Å². The van der Waals surface area contributed by atoms with Gasteiger partial charge in [0.1, 0.15) is 6.29 Å². The van der Waals surface area contributed by atoms with E-state index in [1.807, 2.05) is 0 Å². The Morgan fingerprint density at radius 3 is 1.47 bits per heavy atom. The summed E-state index contributed by atoms with van der Waals surface area (Å²) in [7, 11) is 0. The van der Waals surface area contributed by atoms with Crippen LogP contribution in [0, 0.1) is 11.3 Å². The summed E-state index contributed by atoms with van der Waals surface area (Å²) in [5.41, 5.74) is 0.130. The van der Waals surface area contributed by atoms with Crippen LogP contribution in [0.3, 0.4) is 0 Å². The zero-order chi connectivity index (χ0) is 23.3. The smallest absolute Gasteiger partial charge is 0.123 e. The Balaban J connectivity index is 1.71. The summed E-state index contributed by atoms with van der Waals surface area (Å²) < 4.78 is 6.02. The number of hydrogen-bond donors (Lipinski definition) is 0. The number of rotatable bonds is 21. The predicted molar refractivity (Wildman–Crippen MR) is 140 cm³/mol. The summed E-state index contributed by atoms with van der Waals surface area (Å²) in [6, 6.07) is 0. The third-order valence-corrected chi connectivity index (χ3v) is 7.59. The second-order valence-electron chi connectivity index (χ2n) is 11.7. The topological polar surface area (TPSA) is 26.3 Å². The Hall–Kier alpha value is -0.370. The number of carbonyl (C=O) groups is 1. The van der Waals surface area contributed by atoms with Crippen molar-refractivity contribution in [1.29, 1.82) is 0 Å². The molecule has 0 bridgehead atoms. The second kappa shape index (κ2) is 20.0. The molecule has 190 valence electrons. The molecular weight excluding hydrogens is 392 g/mol. The first-order valence-electron chi connectivity index (χ1n) is 14.6. The van der Waals surface area contributed by atoms with E-state index in [1.54, 1.807) is 0 Å². The molecule has 1 fully saturated rings. The molecule has 1 aliphatic rings. The van der Waals surface area contributed by atoms with Gasteiger partial charge in [-0.3, -0.25) is 0 Å². The zero-order valence-corrected chi connectivity index (χ0v) is 22.3. The van der Waals surface area contributed by atoms with E-state index in [0.29, 0.717) is 6.10 Å². The van der Waals surface area contributed by atoms with Crippen LogP contribution in [0.25, 0.3) is 0 Å². The summed E-state index contributed by atoms with van der Waals surface area (Å²) in [4.78, 5) is 11.2. The highest BCUT2D eigenvalue weighted by Crippen LogP contribution is 2.28. The normalized spacial score (nSPS) is 16.3. The van der Waals surface area contributed by atoms with Gasteiger partial charge in [0.2, 0.25) is 0 Å². The van der Waals surface area contributed by atoms with Crippen molar-refractivity contribution in [3.63, 3.8) is 0 Å². The fraction of sp³-hybridized carbons (Fsp3) is 0.967.